The van der Waals surface area contributed by atoms with Gasteiger partial charge in [0.25, 0.3) is 12.3 Å². The summed E-state index contributed by atoms with van der Waals surface area (Å²) in [6, 6.07) is 2.93. The molecule has 1 amide bonds. The molecule has 1 aromatic rings. The van der Waals surface area contributed by atoms with Crippen molar-refractivity contribution in [1.29, 1.82) is 0 Å². The highest BCUT2D eigenvalue weighted by molar-refractivity contribution is 6.13. The molecule has 0 spiro atoms. The molecule has 0 atom stereocenters. The van der Waals surface area contributed by atoms with Crippen LogP contribution in [0.3, 0.4) is 0 Å². The molecule has 7 heteroatoms. The number of carbonyl (C=O) groups is 1. The van der Waals surface area contributed by atoms with Gasteiger partial charge < -0.3 is 5.73 Å². The van der Waals surface area contributed by atoms with Gasteiger partial charge in [-0.15, -0.1) is 0 Å². The van der Waals surface area contributed by atoms with Crippen LogP contribution in [0, 0.1) is 0 Å². The molecule has 16 heavy (non-hydrogen) atoms. The van der Waals surface area contributed by atoms with Gasteiger partial charge in [-0.1, -0.05) is 0 Å². The summed E-state index contributed by atoms with van der Waals surface area (Å²) in [6.07, 6.45) is -1.72. The van der Waals surface area contributed by atoms with Crippen molar-refractivity contribution in [2.75, 3.05) is 10.7 Å². The van der Waals surface area contributed by atoms with E-state index in [1.165, 1.54) is 18.3 Å². The number of halogens is 2. The summed E-state index contributed by atoms with van der Waals surface area (Å²) in [4.78, 5) is 15.2. The van der Waals surface area contributed by atoms with Gasteiger partial charge >= 0.3 is 0 Å². The number of carbonyl (C=O) groups excluding carboxylic acids is 1. The summed E-state index contributed by atoms with van der Waals surface area (Å²) in [6.45, 7) is 0. The third-order valence-electron chi connectivity index (χ3n) is 2.04. The molecule has 1 aromatic heterocycles. The lowest BCUT2D eigenvalue weighted by atomic mass is 10.3. The monoisotopic (exact) mass is 226 g/mol. The number of nitrogens with zero attached hydrogens (tertiary/aromatic N) is 3. The van der Waals surface area contributed by atoms with E-state index in [4.69, 9.17) is 5.73 Å². The van der Waals surface area contributed by atoms with Gasteiger partial charge in [-0.3, -0.25) is 4.79 Å². The fourth-order valence-electron chi connectivity index (χ4n) is 1.30. The van der Waals surface area contributed by atoms with Crippen LogP contribution in [0.5, 0.6) is 0 Å². The first-order chi connectivity index (χ1) is 7.58. The van der Waals surface area contributed by atoms with Gasteiger partial charge in [0.05, 0.1) is 6.42 Å². The van der Waals surface area contributed by atoms with Gasteiger partial charge in [0.15, 0.2) is 5.82 Å². The summed E-state index contributed by atoms with van der Waals surface area (Å²) in [5.74, 6) is -0.381. The van der Waals surface area contributed by atoms with Crippen LogP contribution < -0.4 is 10.7 Å². The third-order valence-corrected chi connectivity index (χ3v) is 2.04. The summed E-state index contributed by atoms with van der Waals surface area (Å²) in [5, 5.41) is 4.36. The van der Waals surface area contributed by atoms with E-state index in [1.54, 1.807) is 0 Å². The largest absolute Gasteiger partial charge is 0.399 e. The second-order valence-electron chi connectivity index (χ2n) is 3.22. The number of aromatic nitrogens is 1. The third kappa shape index (κ3) is 1.83. The first-order valence-electron chi connectivity index (χ1n) is 4.48. The summed E-state index contributed by atoms with van der Waals surface area (Å²) in [5.41, 5.74) is 5.43. The van der Waals surface area contributed by atoms with Gasteiger partial charge in [0.2, 0.25) is 0 Å². The summed E-state index contributed by atoms with van der Waals surface area (Å²) in [7, 11) is 0. The Labute approximate surface area is 89.6 Å². The smallest absolute Gasteiger partial charge is 0.278 e. The molecule has 0 saturated heterocycles. The molecule has 0 saturated carbocycles. The molecule has 84 valence electrons. The Morgan fingerprint density at radius 1 is 1.50 bits per heavy atom. The van der Waals surface area contributed by atoms with Crippen LogP contribution in [0.2, 0.25) is 0 Å². The lowest BCUT2D eigenvalue weighted by Gasteiger charge is -2.10. The molecular formula is C9H8F2N4O. The number of nitrogens with two attached hydrogens (primary N) is 1. The molecule has 2 N–H and O–H groups in total. The molecule has 1 aliphatic rings. The molecule has 0 aliphatic carbocycles. The van der Waals surface area contributed by atoms with Crippen LogP contribution in [-0.2, 0) is 4.79 Å². The van der Waals surface area contributed by atoms with E-state index in [0.29, 0.717) is 5.69 Å². The van der Waals surface area contributed by atoms with E-state index in [9.17, 15) is 13.6 Å². The average Bonchev–Trinajstić information content (AvgIpc) is 2.60. The number of hydrogen-bond acceptors (Lipinski definition) is 4. The second-order valence-corrected chi connectivity index (χ2v) is 3.22. The van der Waals surface area contributed by atoms with Gasteiger partial charge in [-0.25, -0.2) is 13.8 Å². The van der Waals surface area contributed by atoms with E-state index < -0.39 is 18.0 Å². The zero-order valence-corrected chi connectivity index (χ0v) is 8.10. The van der Waals surface area contributed by atoms with Crippen molar-refractivity contribution in [2.45, 2.75) is 12.8 Å². The van der Waals surface area contributed by atoms with Crippen LogP contribution in [0.15, 0.2) is 23.4 Å². The normalized spacial score (nSPS) is 15.8. The molecule has 2 heterocycles. The van der Waals surface area contributed by atoms with E-state index in [1.807, 2.05) is 0 Å². The van der Waals surface area contributed by atoms with Gasteiger partial charge in [0.1, 0.15) is 5.71 Å². The first-order valence-corrected chi connectivity index (χ1v) is 4.48. The minimum Gasteiger partial charge on any atom is -0.399 e. The fourth-order valence-corrected chi connectivity index (χ4v) is 1.30. The quantitative estimate of drug-likeness (QED) is 0.818. The lowest BCUT2D eigenvalue weighted by molar-refractivity contribution is -0.117. The molecular weight excluding hydrogens is 218 g/mol. The Hall–Kier alpha value is -2.05. The van der Waals surface area contributed by atoms with Crippen molar-refractivity contribution in [3.05, 3.63) is 18.3 Å². The molecule has 0 fully saturated rings. The Bertz CT molecular complexity index is 461. The maximum Gasteiger partial charge on any atom is 0.278 e. The molecule has 1 aliphatic heterocycles. The van der Waals surface area contributed by atoms with Gasteiger partial charge in [-0.2, -0.15) is 10.1 Å². The molecule has 0 unspecified atom stereocenters. The van der Waals surface area contributed by atoms with Crippen LogP contribution in [0.4, 0.5) is 20.3 Å². The minimum absolute atomic E-state index is 0.153. The SMILES string of the molecule is Nc1ccnc(N2N=C(C(F)F)CC2=O)c1. The van der Waals surface area contributed by atoms with Crippen LogP contribution in [-0.4, -0.2) is 23.0 Å². The molecule has 0 radical (unpaired) electrons. The zero-order chi connectivity index (χ0) is 11.7. The Morgan fingerprint density at radius 2 is 2.25 bits per heavy atom. The lowest BCUT2D eigenvalue weighted by Crippen LogP contribution is -2.20. The summed E-state index contributed by atoms with van der Waals surface area (Å²) >= 11 is 0. The Kier molecular flexibility index (Phi) is 2.51. The highest BCUT2D eigenvalue weighted by Crippen LogP contribution is 2.21. The highest BCUT2D eigenvalue weighted by atomic mass is 19.3. The number of hydrogen-bond donors (Lipinski definition) is 1. The zero-order valence-electron chi connectivity index (χ0n) is 8.10. The number of rotatable bonds is 2. The summed E-state index contributed by atoms with van der Waals surface area (Å²) < 4.78 is 24.7. The number of hydrazone groups is 1. The number of amides is 1. The van der Waals surface area contributed by atoms with Crippen molar-refractivity contribution in [1.82, 2.24) is 4.98 Å². The fraction of sp³-hybridized carbons (Fsp3) is 0.222. The predicted octanol–water partition coefficient (Wildman–Crippen LogP) is 1.02. The van der Waals surface area contributed by atoms with Crippen molar-refractivity contribution in [2.24, 2.45) is 5.10 Å². The maximum absolute atomic E-state index is 12.3. The van der Waals surface area contributed by atoms with E-state index in [0.717, 1.165) is 5.01 Å². The highest BCUT2D eigenvalue weighted by Gasteiger charge is 2.30. The van der Waals surface area contributed by atoms with Gasteiger partial charge in [-0.05, 0) is 6.07 Å². The number of nitrogen functional groups attached to an aromatic ring is 1. The van der Waals surface area contributed by atoms with Crippen LogP contribution in [0.25, 0.3) is 0 Å². The predicted molar refractivity (Wildman–Crippen MR) is 54.2 cm³/mol. The van der Waals surface area contributed by atoms with E-state index in [-0.39, 0.29) is 12.2 Å². The molecule has 0 aromatic carbocycles. The van der Waals surface area contributed by atoms with E-state index >= 15 is 0 Å². The first kappa shape index (κ1) is 10.5. The standard InChI is InChI=1S/C9H8F2N4O/c10-9(11)6-4-8(16)15(14-6)7-3-5(12)1-2-13-7/h1-3,9H,4H2,(H2,12,13). The van der Waals surface area contributed by atoms with Gasteiger partial charge in [0, 0.05) is 18.0 Å². The number of pyridine rings is 1. The second kappa shape index (κ2) is 3.84. The van der Waals surface area contributed by atoms with Crippen molar-refractivity contribution < 1.29 is 13.6 Å². The number of anilines is 2. The Balaban J connectivity index is 2.31. The Morgan fingerprint density at radius 3 is 2.81 bits per heavy atom. The molecule has 5 nitrogen and oxygen atoms in total. The number of alkyl halides is 2. The topological polar surface area (TPSA) is 71.6 Å². The minimum atomic E-state index is -2.73. The van der Waals surface area contributed by atoms with Crippen LogP contribution >= 0.6 is 0 Å². The van der Waals surface area contributed by atoms with E-state index in [2.05, 4.69) is 10.1 Å². The maximum atomic E-state index is 12.3. The molecule has 0 bridgehead atoms. The van der Waals surface area contributed by atoms with Crippen molar-refractivity contribution in [3.63, 3.8) is 0 Å². The average molecular weight is 226 g/mol. The van der Waals surface area contributed by atoms with Crippen LogP contribution in [0.1, 0.15) is 6.42 Å². The van der Waals surface area contributed by atoms with Crippen molar-refractivity contribution >= 4 is 23.1 Å². The van der Waals surface area contributed by atoms with Crippen molar-refractivity contribution in [3.8, 4) is 0 Å². The molecule has 2 rings (SSSR count).